The number of carboxylic acid groups (broad SMARTS) is 1. The van der Waals surface area contributed by atoms with E-state index in [9.17, 15) is 24.5 Å². The lowest BCUT2D eigenvalue weighted by atomic mass is 10.1. The van der Waals surface area contributed by atoms with Crippen LogP contribution in [0.5, 0.6) is 0 Å². The van der Waals surface area contributed by atoms with Gasteiger partial charge in [0.25, 0.3) is 11.6 Å². The fourth-order valence-electron chi connectivity index (χ4n) is 2.30. The summed E-state index contributed by atoms with van der Waals surface area (Å²) >= 11 is 12.1. The van der Waals surface area contributed by atoms with Crippen LogP contribution in [0.3, 0.4) is 0 Å². The molecule has 11 heteroatoms. The maximum Gasteiger partial charge on any atom is 0.322 e. The van der Waals surface area contributed by atoms with E-state index in [0.717, 1.165) is 0 Å². The van der Waals surface area contributed by atoms with Crippen LogP contribution in [0.2, 0.25) is 10.0 Å². The fraction of sp³-hybridized carbons (Fsp3) is 0.167. The van der Waals surface area contributed by atoms with Crippen molar-refractivity contribution in [3.8, 4) is 0 Å². The molecule has 9 nitrogen and oxygen atoms in total. The molecule has 0 aliphatic carbocycles. The summed E-state index contributed by atoms with van der Waals surface area (Å²) in [5, 5.41) is 20.4. The van der Waals surface area contributed by atoms with Gasteiger partial charge in [0.1, 0.15) is 6.04 Å². The van der Waals surface area contributed by atoms with E-state index in [1.807, 2.05) is 0 Å². The average Bonchev–Trinajstić information content (AvgIpc) is 2.65. The molecule has 29 heavy (non-hydrogen) atoms. The number of nitro benzene ring substituents is 1. The number of carbonyl (C=O) groups excluding carboxylic acids is 2. The van der Waals surface area contributed by atoms with E-state index in [-0.39, 0.29) is 27.7 Å². The molecular weight excluding hydrogens is 425 g/mol. The number of nitrogens with one attached hydrogen (secondary N) is 1. The zero-order valence-corrected chi connectivity index (χ0v) is 16.5. The van der Waals surface area contributed by atoms with Crippen molar-refractivity contribution in [1.29, 1.82) is 0 Å². The number of hydrogen-bond acceptors (Lipinski definition) is 6. The number of non-ortho nitro benzene ring substituents is 1. The minimum Gasteiger partial charge on any atom is -0.480 e. The van der Waals surface area contributed by atoms with Gasteiger partial charge >= 0.3 is 5.97 Å². The first-order chi connectivity index (χ1) is 13.6. The van der Waals surface area contributed by atoms with Gasteiger partial charge in [-0.15, -0.1) is 0 Å². The van der Waals surface area contributed by atoms with Crippen LogP contribution in [0, 0.1) is 10.1 Å². The molecule has 0 heterocycles. The van der Waals surface area contributed by atoms with Gasteiger partial charge in [0.05, 0.1) is 27.0 Å². The number of imide groups is 1. The highest BCUT2D eigenvalue weighted by Gasteiger charge is 2.29. The molecule has 0 saturated carbocycles. The van der Waals surface area contributed by atoms with Crippen LogP contribution in [-0.4, -0.2) is 38.9 Å². The van der Waals surface area contributed by atoms with Crippen LogP contribution in [0.4, 0.5) is 5.69 Å². The lowest BCUT2D eigenvalue weighted by Gasteiger charge is -2.24. The highest BCUT2D eigenvalue weighted by atomic mass is 35.5. The van der Waals surface area contributed by atoms with Gasteiger partial charge in [-0.3, -0.25) is 24.5 Å². The van der Waals surface area contributed by atoms with Crippen LogP contribution >= 0.6 is 23.2 Å². The smallest absolute Gasteiger partial charge is 0.322 e. The lowest BCUT2D eigenvalue weighted by molar-refractivity contribution is -0.384. The van der Waals surface area contributed by atoms with E-state index in [4.69, 9.17) is 28.3 Å². The molecule has 0 saturated heterocycles. The van der Waals surface area contributed by atoms with Crippen molar-refractivity contribution in [1.82, 2.24) is 10.4 Å². The molecule has 0 bridgehead atoms. The Morgan fingerprint density at radius 2 is 1.69 bits per heavy atom. The van der Waals surface area contributed by atoms with Crippen molar-refractivity contribution < 1.29 is 24.4 Å². The zero-order valence-electron chi connectivity index (χ0n) is 15.0. The SMILES string of the molecule is C[C@H](NN(C(=O)Cc1ccc([N+](=O)[O-])cc1)C(=O)c1c(Cl)cccc1Cl)C(=O)O. The minimum absolute atomic E-state index is 0.0135. The molecule has 2 amide bonds. The molecule has 1 atom stereocenters. The second-order valence-electron chi connectivity index (χ2n) is 5.92. The predicted molar refractivity (Wildman–Crippen MR) is 105 cm³/mol. The Morgan fingerprint density at radius 1 is 1.14 bits per heavy atom. The first-order valence-electron chi connectivity index (χ1n) is 8.15. The van der Waals surface area contributed by atoms with Gasteiger partial charge in [-0.1, -0.05) is 41.4 Å². The van der Waals surface area contributed by atoms with E-state index in [2.05, 4.69) is 5.43 Å². The molecule has 152 valence electrons. The number of halogens is 2. The van der Waals surface area contributed by atoms with Crippen LogP contribution < -0.4 is 5.43 Å². The zero-order chi connectivity index (χ0) is 21.7. The summed E-state index contributed by atoms with van der Waals surface area (Å²) in [5.74, 6) is -3.02. The summed E-state index contributed by atoms with van der Waals surface area (Å²) in [6.45, 7) is 1.25. The number of aliphatic carboxylic acids is 1. The molecule has 0 fully saturated rings. The third-order valence-electron chi connectivity index (χ3n) is 3.82. The van der Waals surface area contributed by atoms with Gasteiger partial charge in [0.15, 0.2) is 0 Å². The standard InChI is InChI=1S/C18H15Cl2N3O6/c1-10(18(26)27)21-22(17(25)16-13(19)3-2-4-14(16)20)15(24)9-11-5-7-12(8-6-11)23(28)29/h2-8,10,21H,9H2,1H3,(H,26,27)/t10-/m0/s1. The summed E-state index contributed by atoms with van der Waals surface area (Å²) < 4.78 is 0. The Morgan fingerprint density at radius 3 is 2.17 bits per heavy atom. The third-order valence-corrected chi connectivity index (χ3v) is 4.45. The summed E-state index contributed by atoms with van der Waals surface area (Å²) in [4.78, 5) is 47.0. The number of nitrogens with zero attached hydrogens (tertiary/aromatic N) is 2. The Balaban J connectivity index is 2.34. The highest BCUT2D eigenvalue weighted by molar-refractivity contribution is 6.40. The van der Waals surface area contributed by atoms with E-state index in [1.165, 1.54) is 49.4 Å². The first-order valence-corrected chi connectivity index (χ1v) is 8.91. The number of hydrazine groups is 1. The Hall–Kier alpha value is -3.01. The average molecular weight is 440 g/mol. The number of hydrogen-bond donors (Lipinski definition) is 2. The summed E-state index contributed by atoms with van der Waals surface area (Å²) in [5.41, 5.74) is 2.38. The summed E-state index contributed by atoms with van der Waals surface area (Å²) in [6.07, 6.45) is -0.328. The maximum absolute atomic E-state index is 12.9. The van der Waals surface area contributed by atoms with Gasteiger partial charge in [0, 0.05) is 12.1 Å². The number of carboxylic acids is 1. The molecular formula is C18H15Cl2N3O6. The first kappa shape index (κ1) is 22.3. The number of amides is 2. The summed E-state index contributed by atoms with van der Waals surface area (Å²) in [7, 11) is 0. The molecule has 2 aromatic rings. The quantitative estimate of drug-likeness (QED) is 0.500. The fourth-order valence-corrected chi connectivity index (χ4v) is 2.85. The van der Waals surface area contributed by atoms with E-state index < -0.39 is 28.7 Å². The largest absolute Gasteiger partial charge is 0.480 e. The number of nitro groups is 1. The Kier molecular flexibility index (Phi) is 7.27. The monoisotopic (exact) mass is 439 g/mol. The van der Waals surface area contributed by atoms with Crippen LogP contribution in [0.25, 0.3) is 0 Å². The van der Waals surface area contributed by atoms with Gasteiger partial charge in [-0.25, -0.2) is 10.4 Å². The molecule has 0 unspecified atom stereocenters. The molecule has 0 radical (unpaired) electrons. The van der Waals surface area contributed by atoms with E-state index in [1.54, 1.807) is 0 Å². The highest BCUT2D eigenvalue weighted by Crippen LogP contribution is 2.26. The molecule has 0 aromatic heterocycles. The van der Waals surface area contributed by atoms with Gasteiger partial charge < -0.3 is 5.11 Å². The van der Waals surface area contributed by atoms with E-state index >= 15 is 0 Å². The van der Waals surface area contributed by atoms with Crippen molar-refractivity contribution in [3.63, 3.8) is 0 Å². The van der Waals surface area contributed by atoms with Crippen LogP contribution in [0.1, 0.15) is 22.8 Å². The molecule has 0 aliphatic rings. The number of benzene rings is 2. The lowest BCUT2D eigenvalue weighted by Crippen LogP contribution is -2.53. The summed E-state index contributed by atoms with van der Waals surface area (Å²) in [6, 6.07) is 8.20. The van der Waals surface area contributed by atoms with Crippen molar-refractivity contribution in [2.24, 2.45) is 0 Å². The topological polar surface area (TPSA) is 130 Å². The van der Waals surface area contributed by atoms with Gasteiger partial charge in [-0.05, 0) is 24.6 Å². The van der Waals surface area contributed by atoms with Crippen molar-refractivity contribution in [3.05, 3.63) is 73.8 Å². The van der Waals surface area contributed by atoms with Crippen molar-refractivity contribution in [2.45, 2.75) is 19.4 Å². The number of rotatable bonds is 7. The minimum atomic E-state index is -1.30. The second-order valence-corrected chi connectivity index (χ2v) is 6.73. The number of carbonyl (C=O) groups is 3. The predicted octanol–water partition coefficient (Wildman–Crippen LogP) is 3.09. The Bertz CT molecular complexity index is 944. The van der Waals surface area contributed by atoms with Gasteiger partial charge in [0.2, 0.25) is 5.91 Å². The molecule has 0 spiro atoms. The molecule has 0 aliphatic heterocycles. The van der Waals surface area contributed by atoms with Gasteiger partial charge in [-0.2, -0.15) is 0 Å². The van der Waals surface area contributed by atoms with E-state index in [0.29, 0.717) is 10.6 Å². The molecule has 2 aromatic carbocycles. The molecule has 2 rings (SSSR count). The Labute approximate surface area is 174 Å². The normalized spacial score (nSPS) is 11.6. The maximum atomic E-state index is 12.9. The van der Waals surface area contributed by atoms with Crippen molar-refractivity contribution in [2.75, 3.05) is 0 Å². The van der Waals surface area contributed by atoms with Crippen molar-refractivity contribution >= 4 is 46.7 Å². The third kappa shape index (κ3) is 5.50. The second kappa shape index (κ2) is 9.46. The van der Waals surface area contributed by atoms with Crippen LogP contribution in [0.15, 0.2) is 42.5 Å². The molecule has 2 N–H and O–H groups in total. The van der Waals surface area contributed by atoms with Crippen LogP contribution in [-0.2, 0) is 16.0 Å².